The summed E-state index contributed by atoms with van der Waals surface area (Å²) in [6.45, 7) is 12.8. The highest BCUT2D eigenvalue weighted by Gasteiger charge is 2.71. The maximum Gasteiger partial charge on any atom is 0.303 e. The number of ketones is 1. The molecule has 0 aromatic heterocycles. The molecule has 5 nitrogen and oxygen atoms in total. The number of ether oxygens (including phenoxy) is 2. The molecular formula is C28H38O5. The predicted octanol–water partition coefficient (Wildman–Crippen LogP) is 4.75. The molecule has 0 spiro atoms. The summed E-state index contributed by atoms with van der Waals surface area (Å²) in [5.74, 6) is -0.139. The van der Waals surface area contributed by atoms with Gasteiger partial charge in [0.2, 0.25) is 0 Å². The quantitative estimate of drug-likeness (QED) is 0.481. The van der Waals surface area contributed by atoms with E-state index in [0.29, 0.717) is 5.92 Å². The Kier molecular flexibility index (Phi) is 4.90. The summed E-state index contributed by atoms with van der Waals surface area (Å²) in [6.07, 6.45) is 10.4. The Hall–Kier alpha value is -1.88. The van der Waals surface area contributed by atoms with Gasteiger partial charge in [-0.15, -0.1) is 0 Å². The second-order valence-corrected chi connectivity index (χ2v) is 12.3. The molecule has 0 radical (unpaired) electrons. The molecule has 5 rings (SSSR count). The van der Waals surface area contributed by atoms with Gasteiger partial charge >= 0.3 is 5.97 Å². The van der Waals surface area contributed by atoms with Gasteiger partial charge in [0.25, 0.3) is 0 Å². The number of hydrogen-bond donors (Lipinski definition) is 1. The minimum atomic E-state index is -0.930. The molecule has 0 bridgehead atoms. The highest BCUT2D eigenvalue weighted by Crippen LogP contribution is 2.72. The molecule has 4 aliphatic carbocycles. The van der Waals surface area contributed by atoms with E-state index in [0.717, 1.165) is 32.3 Å². The lowest BCUT2D eigenvalue weighted by Crippen LogP contribution is -2.70. The van der Waals surface area contributed by atoms with Crippen LogP contribution >= 0.6 is 0 Å². The van der Waals surface area contributed by atoms with Crippen molar-refractivity contribution in [3.05, 3.63) is 35.6 Å². The lowest BCUT2D eigenvalue weighted by atomic mass is 9.37. The zero-order chi connectivity index (χ0) is 24.0. The molecular weight excluding hydrogens is 416 g/mol. The maximum atomic E-state index is 12.9. The first-order chi connectivity index (χ1) is 15.4. The van der Waals surface area contributed by atoms with Gasteiger partial charge in [-0.3, -0.25) is 9.59 Å². The molecule has 8 atom stereocenters. The molecule has 2 unspecified atom stereocenters. The number of esters is 1. The Bertz CT molecular complexity index is 988. The van der Waals surface area contributed by atoms with E-state index in [4.69, 9.17) is 9.47 Å². The van der Waals surface area contributed by atoms with Gasteiger partial charge in [-0.2, -0.15) is 0 Å². The number of allylic oxidation sites excluding steroid dienone is 3. The lowest BCUT2D eigenvalue weighted by molar-refractivity contribution is -0.228. The third kappa shape index (κ3) is 2.81. The molecule has 0 amide bonds. The molecule has 5 heteroatoms. The molecule has 1 aliphatic heterocycles. The SMILES string of the molecule is CC(=O)O[C@@H]1[C@H](O)C2C(C)(C)C(=O)C=C[C@]2(C)C2CC[C@]3(C)C(=CC[C@H]3C3=COCC3)[C@@]21C. The van der Waals surface area contributed by atoms with Crippen molar-refractivity contribution >= 4 is 11.8 Å². The largest absolute Gasteiger partial charge is 0.501 e. The van der Waals surface area contributed by atoms with E-state index >= 15 is 0 Å². The number of carbonyl (C=O) groups is 2. The van der Waals surface area contributed by atoms with Crippen LogP contribution in [-0.4, -0.2) is 35.7 Å². The molecule has 1 N–H and O–H groups in total. The van der Waals surface area contributed by atoms with Crippen molar-refractivity contribution in [2.45, 2.75) is 79.4 Å². The average Bonchev–Trinajstić information content (AvgIpc) is 3.36. The Morgan fingerprint density at radius 3 is 2.58 bits per heavy atom. The monoisotopic (exact) mass is 454 g/mol. The number of aliphatic hydroxyl groups excluding tert-OH is 1. The van der Waals surface area contributed by atoms with E-state index in [1.165, 1.54) is 18.1 Å². The van der Waals surface area contributed by atoms with Gasteiger partial charge in [0.15, 0.2) is 5.78 Å². The van der Waals surface area contributed by atoms with Crippen LogP contribution in [0.5, 0.6) is 0 Å². The van der Waals surface area contributed by atoms with Gasteiger partial charge in [-0.25, -0.2) is 0 Å². The molecule has 1 heterocycles. The van der Waals surface area contributed by atoms with Gasteiger partial charge in [0.05, 0.1) is 19.0 Å². The van der Waals surface area contributed by atoms with Crippen LogP contribution in [-0.2, 0) is 19.1 Å². The molecule has 0 aromatic rings. The van der Waals surface area contributed by atoms with E-state index in [9.17, 15) is 14.7 Å². The van der Waals surface area contributed by atoms with Gasteiger partial charge in [0.1, 0.15) is 6.10 Å². The van der Waals surface area contributed by atoms with Crippen molar-refractivity contribution < 1.29 is 24.2 Å². The number of hydrogen-bond acceptors (Lipinski definition) is 5. The van der Waals surface area contributed by atoms with Crippen LogP contribution in [0.1, 0.15) is 67.2 Å². The van der Waals surface area contributed by atoms with Crippen molar-refractivity contribution in [1.82, 2.24) is 0 Å². The number of carbonyl (C=O) groups excluding carboxylic acids is 2. The fourth-order valence-corrected chi connectivity index (χ4v) is 9.05. The molecule has 180 valence electrons. The van der Waals surface area contributed by atoms with Gasteiger partial charge in [-0.05, 0) is 53.6 Å². The summed E-state index contributed by atoms with van der Waals surface area (Å²) in [5, 5.41) is 11.9. The normalized spacial score (nSPS) is 47.6. The molecule has 0 saturated heterocycles. The Morgan fingerprint density at radius 2 is 1.94 bits per heavy atom. The Labute approximate surface area is 197 Å². The zero-order valence-electron chi connectivity index (χ0n) is 20.8. The van der Waals surface area contributed by atoms with Crippen molar-refractivity contribution in [2.24, 2.45) is 39.4 Å². The number of aliphatic hydroxyl groups is 1. The minimum Gasteiger partial charge on any atom is -0.501 e. The van der Waals surface area contributed by atoms with Crippen LogP contribution in [0, 0.1) is 39.4 Å². The lowest BCUT2D eigenvalue weighted by Gasteiger charge is -2.67. The van der Waals surface area contributed by atoms with E-state index in [1.807, 2.05) is 20.1 Å². The minimum absolute atomic E-state index is 0.0307. The summed E-state index contributed by atoms with van der Waals surface area (Å²) in [4.78, 5) is 25.2. The van der Waals surface area contributed by atoms with Crippen LogP contribution in [0.2, 0.25) is 0 Å². The Morgan fingerprint density at radius 1 is 1.21 bits per heavy atom. The van der Waals surface area contributed by atoms with Crippen LogP contribution in [0.4, 0.5) is 0 Å². The second kappa shape index (κ2) is 7.07. The van der Waals surface area contributed by atoms with E-state index in [1.54, 1.807) is 6.08 Å². The van der Waals surface area contributed by atoms with Gasteiger partial charge < -0.3 is 14.6 Å². The first kappa shape index (κ1) is 22.9. The van der Waals surface area contributed by atoms with Crippen molar-refractivity contribution in [3.63, 3.8) is 0 Å². The summed E-state index contributed by atoms with van der Waals surface area (Å²) >= 11 is 0. The third-order valence-corrected chi connectivity index (χ3v) is 10.4. The van der Waals surface area contributed by atoms with E-state index in [2.05, 4.69) is 32.9 Å². The van der Waals surface area contributed by atoms with Crippen LogP contribution in [0.15, 0.2) is 35.6 Å². The number of rotatable bonds is 2. The molecule has 0 aromatic carbocycles. The molecule has 33 heavy (non-hydrogen) atoms. The summed E-state index contributed by atoms with van der Waals surface area (Å²) in [6, 6.07) is 0. The summed E-state index contributed by atoms with van der Waals surface area (Å²) in [5.41, 5.74) is 1.01. The smallest absolute Gasteiger partial charge is 0.303 e. The fourth-order valence-electron chi connectivity index (χ4n) is 9.05. The highest BCUT2D eigenvalue weighted by molar-refractivity contribution is 5.96. The predicted molar refractivity (Wildman–Crippen MR) is 125 cm³/mol. The van der Waals surface area contributed by atoms with Crippen LogP contribution in [0.25, 0.3) is 0 Å². The van der Waals surface area contributed by atoms with E-state index < -0.39 is 23.0 Å². The summed E-state index contributed by atoms with van der Waals surface area (Å²) in [7, 11) is 0. The van der Waals surface area contributed by atoms with Crippen LogP contribution < -0.4 is 0 Å². The molecule has 2 fully saturated rings. The van der Waals surface area contributed by atoms with Crippen molar-refractivity contribution in [3.8, 4) is 0 Å². The standard InChI is InChI=1S/C28H38O5/c1-16(29)33-24-22(31)23-25(2,3)21(30)10-13-27(23,5)20-9-12-26(4)18(17-11-14-32-15-17)7-8-19(26)28(20,24)6/h8,10,13,15,18,20,22-24,31H,7,9,11-12,14H2,1-6H3/t18-,20?,22+,23?,24+,26-,27+,28-/m0/s1. The zero-order valence-corrected chi connectivity index (χ0v) is 20.8. The van der Waals surface area contributed by atoms with Crippen LogP contribution in [0.3, 0.4) is 0 Å². The van der Waals surface area contributed by atoms with Gasteiger partial charge in [-0.1, -0.05) is 52.3 Å². The molecule has 5 aliphatic rings. The second-order valence-electron chi connectivity index (χ2n) is 12.3. The first-order valence-corrected chi connectivity index (χ1v) is 12.5. The Balaban J connectivity index is 1.67. The van der Waals surface area contributed by atoms with E-state index in [-0.39, 0.29) is 34.4 Å². The maximum absolute atomic E-state index is 12.9. The van der Waals surface area contributed by atoms with Crippen molar-refractivity contribution in [2.75, 3.05) is 6.61 Å². The van der Waals surface area contributed by atoms with Crippen molar-refractivity contribution in [1.29, 1.82) is 0 Å². The molecule has 2 saturated carbocycles. The fraction of sp³-hybridized carbons (Fsp3) is 0.714. The number of fused-ring (bicyclic) bond motifs is 5. The summed E-state index contributed by atoms with van der Waals surface area (Å²) < 4.78 is 11.6. The first-order valence-electron chi connectivity index (χ1n) is 12.5. The van der Waals surface area contributed by atoms with Gasteiger partial charge in [0, 0.05) is 30.1 Å². The topological polar surface area (TPSA) is 72.8 Å². The highest BCUT2D eigenvalue weighted by atomic mass is 16.6. The third-order valence-electron chi connectivity index (χ3n) is 10.4. The average molecular weight is 455 g/mol.